The maximum Gasteiger partial charge on any atom is 0.166 e. The van der Waals surface area contributed by atoms with Crippen molar-refractivity contribution in [1.82, 2.24) is 15.2 Å². The van der Waals surface area contributed by atoms with Crippen LogP contribution in [0, 0.1) is 32.1 Å². The fraction of sp³-hybridized carbons (Fsp3) is 0.375. The van der Waals surface area contributed by atoms with Gasteiger partial charge in [-0.2, -0.15) is 10.4 Å². The van der Waals surface area contributed by atoms with Gasteiger partial charge in [0.15, 0.2) is 5.82 Å². The van der Waals surface area contributed by atoms with Gasteiger partial charge in [0.05, 0.1) is 5.69 Å². The Balaban J connectivity index is 1.81. The molecule has 0 unspecified atom stereocenters. The van der Waals surface area contributed by atoms with E-state index in [2.05, 4.69) is 31.9 Å². The van der Waals surface area contributed by atoms with Gasteiger partial charge in [-0.15, -0.1) is 5.10 Å². The summed E-state index contributed by atoms with van der Waals surface area (Å²) < 4.78 is 0. The molecule has 22 heavy (non-hydrogen) atoms. The number of anilines is 2. The van der Waals surface area contributed by atoms with E-state index in [0.717, 1.165) is 35.6 Å². The van der Waals surface area contributed by atoms with Gasteiger partial charge in [-0.25, -0.2) is 4.98 Å². The zero-order chi connectivity index (χ0) is 15.9. The molecule has 2 N–H and O–H groups in total. The van der Waals surface area contributed by atoms with E-state index in [1.165, 1.54) is 0 Å². The molecule has 2 rings (SSSR count). The van der Waals surface area contributed by atoms with Crippen LogP contribution in [0.25, 0.3) is 0 Å². The van der Waals surface area contributed by atoms with Gasteiger partial charge < -0.3 is 10.6 Å². The first-order chi connectivity index (χ1) is 10.6. The molecule has 0 spiro atoms. The van der Waals surface area contributed by atoms with Crippen LogP contribution in [0.15, 0.2) is 18.3 Å². The summed E-state index contributed by atoms with van der Waals surface area (Å²) in [5.74, 6) is 1.42. The molecule has 2 heterocycles. The van der Waals surface area contributed by atoms with Crippen LogP contribution in [0.5, 0.6) is 0 Å². The van der Waals surface area contributed by atoms with Crippen molar-refractivity contribution in [2.24, 2.45) is 0 Å². The minimum atomic E-state index is 0.555. The molecule has 0 amide bonds. The minimum absolute atomic E-state index is 0.555. The van der Waals surface area contributed by atoms with Crippen molar-refractivity contribution < 1.29 is 0 Å². The van der Waals surface area contributed by atoms with Crippen LogP contribution < -0.4 is 10.6 Å². The highest BCUT2D eigenvalue weighted by molar-refractivity contribution is 5.55. The molecule has 0 saturated heterocycles. The molecule has 6 heteroatoms. The summed E-state index contributed by atoms with van der Waals surface area (Å²) in [5, 5.41) is 23.8. The summed E-state index contributed by atoms with van der Waals surface area (Å²) in [6.45, 7) is 7.26. The summed E-state index contributed by atoms with van der Waals surface area (Å²) in [5.41, 5.74) is 3.38. The average molecular weight is 296 g/mol. The van der Waals surface area contributed by atoms with E-state index in [4.69, 9.17) is 0 Å². The predicted octanol–water partition coefficient (Wildman–Crippen LogP) is 2.58. The Morgan fingerprint density at radius 2 is 1.86 bits per heavy atom. The second-order valence-corrected chi connectivity index (χ2v) is 5.17. The van der Waals surface area contributed by atoms with Gasteiger partial charge in [0.2, 0.25) is 0 Å². The number of nitrogens with one attached hydrogen (secondary N) is 2. The van der Waals surface area contributed by atoms with Crippen LogP contribution in [0.2, 0.25) is 0 Å². The Hall–Kier alpha value is -2.68. The number of hydrogen-bond donors (Lipinski definition) is 2. The highest BCUT2D eigenvalue weighted by Crippen LogP contribution is 2.16. The molecule has 114 valence electrons. The lowest BCUT2D eigenvalue weighted by Gasteiger charge is -2.10. The third-order valence-corrected chi connectivity index (χ3v) is 3.43. The van der Waals surface area contributed by atoms with Gasteiger partial charge in [0, 0.05) is 19.3 Å². The normalized spacial score (nSPS) is 10.1. The van der Waals surface area contributed by atoms with Crippen molar-refractivity contribution in [2.45, 2.75) is 27.2 Å². The van der Waals surface area contributed by atoms with E-state index in [9.17, 15) is 5.26 Å². The van der Waals surface area contributed by atoms with Crippen molar-refractivity contribution in [3.63, 3.8) is 0 Å². The highest BCUT2D eigenvalue weighted by Gasteiger charge is 2.09. The molecule has 0 aliphatic heterocycles. The SMILES string of the molecule is Cc1ccc(NCCCNc2nnc(C)c(C)c2C#N)nc1. The van der Waals surface area contributed by atoms with E-state index in [1.54, 1.807) is 0 Å². The van der Waals surface area contributed by atoms with Crippen LogP contribution in [0.3, 0.4) is 0 Å². The molecular formula is C16H20N6. The van der Waals surface area contributed by atoms with Crippen LogP contribution >= 0.6 is 0 Å². The first-order valence-electron chi connectivity index (χ1n) is 7.26. The number of aryl methyl sites for hydroxylation is 2. The zero-order valence-electron chi connectivity index (χ0n) is 13.1. The van der Waals surface area contributed by atoms with Crippen molar-refractivity contribution in [1.29, 1.82) is 5.26 Å². The summed E-state index contributed by atoms with van der Waals surface area (Å²) in [6, 6.07) is 6.17. The second kappa shape index (κ2) is 7.36. The lowest BCUT2D eigenvalue weighted by Crippen LogP contribution is -2.12. The number of aromatic nitrogens is 3. The van der Waals surface area contributed by atoms with Crippen LogP contribution in [-0.4, -0.2) is 28.3 Å². The van der Waals surface area contributed by atoms with Crippen LogP contribution in [0.4, 0.5) is 11.6 Å². The molecular weight excluding hydrogens is 276 g/mol. The lowest BCUT2D eigenvalue weighted by atomic mass is 10.1. The van der Waals surface area contributed by atoms with Gasteiger partial charge in [-0.3, -0.25) is 0 Å². The molecule has 0 aliphatic rings. The average Bonchev–Trinajstić information content (AvgIpc) is 2.52. The Kier molecular flexibility index (Phi) is 5.26. The van der Waals surface area contributed by atoms with E-state index in [0.29, 0.717) is 17.9 Å². The van der Waals surface area contributed by atoms with Gasteiger partial charge in [0.25, 0.3) is 0 Å². The van der Waals surface area contributed by atoms with Crippen molar-refractivity contribution in [3.8, 4) is 6.07 Å². The summed E-state index contributed by atoms with van der Waals surface area (Å²) in [6.07, 6.45) is 2.72. The Labute approximate surface area is 130 Å². The molecule has 0 saturated carbocycles. The quantitative estimate of drug-likeness (QED) is 0.797. The second-order valence-electron chi connectivity index (χ2n) is 5.17. The number of nitriles is 1. The first kappa shape index (κ1) is 15.7. The monoisotopic (exact) mass is 296 g/mol. The molecule has 0 aromatic carbocycles. The topological polar surface area (TPSA) is 86.5 Å². The van der Waals surface area contributed by atoms with Crippen molar-refractivity contribution >= 4 is 11.6 Å². The maximum absolute atomic E-state index is 9.22. The van der Waals surface area contributed by atoms with E-state index >= 15 is 0 Å². The molecule has 0 atom stereocenters. The maximum atomic E-state index is 9.22. The molecule has 2 aromatic rings. The summed E-state index contributed by atoms with van der Waals surface area (Å²) in [4.78, 5) is 4.29. The van der Waals surface area contributed by atoms with Crippen molar-refractivity contribution in [2.75, 3.05) is 23.7 Å². The van der Waals surface area contributed by atoms with Gasteiger partial charge in [-0.1, -0.05) is 6.07 Å². The molecule has 2 aromatic heterocycles. The first-order valence-corrected chi connectivity index (χ1v) is 7.26. The fourth-order valence-electron chi connectivity index (χ4n) is 1.95. The van der Waals surface area contributed by atoms with Gasteiger partial charge >= 0.3 is 0 Å². The highest BCUT2D eigenvalue weighted by atomic mass is 15.2. The number of pyridine rings is 1. The lowest BCUT2D eigenvalue weighted by molar-refractivity contribution is 0.879. The standard InChI is InChI=1S/C16H20N6/c1-11-5-6-15(20-10-11)18-7-4-8-19-16-14(9-17)12(2)13(3)21-22-16/h5-6,10H,4,7-8H2,1-3H3,(H,18,20)(H,19,22). The number of nitrogens with zero attached hydrogens (tertiary/aromatic N) is 4. The molecule has 0 radical (unpaired) electrons. The molecule has 0 bridgehead atoms. The van der Waals surface area contributed by atoms with E-state index in [-0.39, 0.29) is 0 Å². The molecule has 6 nitrogen and oxygen atoms in total. The Morgan fingerprint density at radius 3 is 2.55 bits per heavy atom. The van der Waals surface area contributed by atoms with E-state index < -0.39 is 0 Å². The van der Waals surface area contributed by atoms with Crippen molar-refractivity contribution in [3.05, 3.63) is 40.7 Å². The molecule has 0 aliphatic carbocycles. The number of hydrogen-bond acceptors (Lipinski definition) is 6. The Morgan fingerprint density at radius 1 is 1.09 bits per heavy atom. The smallest absolute Gasteiger partial charge is 0.166 e. The zero-order valence-corrected chi connectivity index (χ0v) is 13.1. The summed E-state index contributed by atoms with van der Waals surface area (Å²) >= 11 is 0. The fourth-order valence-corrected chi connectivity index (χ4v) is 1.95. The summed E-state index contributed by atoms with van der Waals surface area (Å²) in [7, 11) is 0. The third-order valence-electron chi connectivity index (χ3n) is 3.43. The Bertz CT molecular complexity index is 672. The van der Waals surface area contributed by atoms with Gasteiger partial charge in [0.1, 0.15) is 17.5 Å². The van der Waals surface area contributed by atoms with Crippen LogP contribution in [-0.2, 0) is 0 Å². The third kappa shape index (κ3) is 3.92. The van der Waals surface area contributed by atoms with Crippen LogP contribution in [0.1, 0.15) is 28.8 Å². The number of rotatable bonds is 6. The van der Waals surface area contributed by atoms with E-state index in [1.807, 2.05) is 39.1 Å². The minimum Gasteiger partial charge on any atom is -0.370 e. The largest absolute Gasteiger partial charge is 0.370 e. The molecule has 0 fully saturated rings. The van der Waals surface area contributed by atoms with Gasteiger partial charge in [-0.05, 0) is 44.4 Å². The predicted molar refractivity (Wildman–Crippen MR) is 86.8 cm³/mol.